The summed E-state index contributed by atoms with van der Waals surface area (Å²) < 4.78 is 0. The Morgan fingerprint density at radius 1 is 0.947 bits per heavy atom. The predicted molar refractivity (Wildman–Crippen MR) is 77.2 cm³/mol. The first-order valence-corrected chi connectivity index (χ1v) is 5.97. The average molecular weight is 248 g/mol. The first kappa shape index (κ1) is 11.3. The highest BCUT2D eigenvalue weighted by molar-refractivity contribution is 5.88. The van der Waals surface area contributed by atoms with Crippen LogP contribution < -0.4 is 5.43 Å². The summed E-state index contributed by atoms with van der Waals surface area (Å²) in [6, 6.07) is 15.7. The summed E-state index contributed by atoms with van der Waals surface area (Å²) in [6.07, 6.45) is 5.24. The van der Waals surface area contributed by atoms with Gasteiger partial charge >= 0.3 is 0 Å². The molecule has 0 bridgehead atoms. The van der Waals surface area contributed by atoms with Gasteiger partial charge in [0.1, 0.15) is 5.82 Å². The van der Waals surface area contributed by atoms with Crippen molar-refractivity contribution in [2.45, 2.75) is 0 Å². The zero-order valence-electron chi connectivity index (χ0n) is 10.2. The van der Waals surface area contributed by atoms with Crippen LogP contribution in [0.25, 0.3) is 10.8 Å². The molecule has 1 N–H and O–H groups in total. The van der Waals surface area contributed by atoms with Crippen LogP contribution in [0.5, 0.6) is 0 Å². The van der Waals surface area contributed by atoms with Gasteiger partial charge in [-0.15, -0.1) is 0 Å². The van der Waals surface area contributed by atoms with Crippen molar-refractivity contribution >= 4 is 22.8 Å². The second-order valence-corrected chi connectivity index (χ2v) is 4.04. The number of pyridine rings is 2. The normalized spacial score (nSPS) is 10.9. The minimum atomic E-state index is 0.708. The van der Waals surface area contributed by atoms with Gasteiger partial charge in [-0.1, -0.05) is 30.3 Å². The molecule has 0 aliphatic heterocycles. The van der Waals surface area contributed by atoms with Crippen molar-refractivity contribution in [1.82, 2.24) is 9.97 Å². The summed E-state index contributed by atoms with van der Waals surface area (Å²) in [5.41, 5.74) is 3.67. The molecule has 3 rings (SSSR count). The maximum absolute atomic E-state index is 4.33. The lowest BCUT2D eigenvalue weighted by molar-refractivity contribution is 1.22. The molecule has 3 aromatic rings. The van der Waals surface area contributed by atoms with Gasteiger partial charge in [-0.2, -0.15) is 5.10 Å². The van der Waals surface area contributed by atoms with E-state index in [1.165, 1.54) is 0 Å². The Labute approximate surface area is 110 Å². The molecule has 4 heteroatoms. The van der Waals surface area contributed by atoms with Gasteiger partial charge in [-0.05, 0) is 23.6 Å². The van der Waals surface area contributed by atoms with Crippen LogP contribution >= 0.6 is 0 Å². The molecule has 0 saturated heterocycles. The third-order valence-corrected chi connectivity index (χ3v) is 2.69. The highest BCUT2D eigenvalue weighted by atomic mass is 15.3. The van der Waals surface area contributed by atoms with Gasteiger partial charge in [0.2, 0.25) is 0 Å². The molecule has 1 aromatic carbocycles. The van der Waals surface area contributed by atoms with Crippen LogP contribution in [0.15, 0.2) is 66.0 Å². The summed E-state index contributed by atoms with van der Waals surface area (Å²) >= 11 is 0. The van der Waals surface area contributed by atoms with E-state index in [2.05, 4.69) is 26.6 Å². The van der Waals surface area contributed by atoms with Crippen LogP contribution in [0, 0.1) is 0 Å². The Kier molecular flexibility index (Phi) is 3.14. The fraction of sp³-hybridized carbons (Fsp3) is 0. The standard InChI is InChI=1S/C15H12N4/c1-2-6-13-10-17-14(9-12(13)5-1)11-18-19-15-7-3-4-8-16-15/h1-11H,(H,16,19). The van der Waals surface area contributed by atoms with Crippen molar-refractivity contribution in [3.8, 4) is 0 Å². The first-order valence-electron chi connectivity index (χ1n) is 5.97. The average Bonchev–Trinajstić information content (AvgIpc) is 2.48. The third-order valence-electron chi connectivity index (χ3n) is 2.69. The van der Waals surface area contributed by atoms with Crippen molar-refractivity contribution in [2.24, 2.45) is 5.10 Å². The van der Waals surface area contributed by atoms with Crippen molar-refractivity contribution in [2.75, 3.05) is 5.43 Å². The van der Waals surface area contributed by atoms with Crippen LogP contribution in [-0.4, -0.2) is 16.2 Å². The highest BCUT2D eigenvalue weighted by Crippen LogP contribution is 2.12. The first-order chi connectivity index (χ1) is 9.42. The Balaban J connectivity index is 1.78. The van der Waals surface area contributed by atoms with Crippen molar-refractivity contribution in [3.63, 3.8) is 0 Å². The van der Waals surface area contributed by atoms with E-state index in [-0.39, 0.29) is 0 Å². The van der Waals surface area contributed by atoms with Crippen LogP contribution in [0.1, 0.15) is 5.69 Å². The van der Waals surface area contributed by atoms with Gasteiger partial charge in [0, 0.05) is 17.8 Å². The Morgan fingerprint density at radius 2 is 1.79 bits per heavy atom. The molecule has 0 radical (unpaired) electrons. The summed E-state index contributed by atoms with van der Waals surface area (Å²) in [7, 11) is 0. The smallest absolute Gasteiger partial charge is 0.146 e. The zero-order chi connectivity index (χ0) is 12.9. The second-order valence-electron chi connectivity index (χ2n) is 4.04. The van der Waals surface area contributed by atoms with E-state index in [0.29, 0.717) is 5.82 Å². The summed E-state index contributed by atoms with van der Waals surface area (Å²) in [5.74, 6) is 0.708. The molecule has 0 saturated carbocycles. The number of nitrogens with one attached hydrogen (secondary N) is 1. The quantitative estimate of drug-likeness (QED) is 0.572. The molecule has 92 valence electrons. The number of fused-ring (bicyclic) bond motifs is 1. The number of rotatable bonds is 3. The van der Waals surface area contributed by atoms with Gasteiger partial charge < -0.3 is 0 Å². The summed E-state index contributed by atoms with van der Waals surface area (Å²) in [6.45, 7) is 0. The van der Waals surface area contributed by atoms with E-state index in [1.54, 1.807) is 12.4 Å². The lowest BCUT2D eigenvalue weighted by Crippen LogP contribution is -1.94. The molecule has 0 fully saturated rings. The predicted octanol–water partition coefficient (Wildman–Crippen LogP) is 3.08. The van der Waals surface area contributed by atoms with Gasteiger partial charge in [-0.25, -0.2) is 4.98 Å². The van der Waals surface area contributed by atoms with Gasteiger partial charge in [-0.3, -0.25) is 10.4 Å². The molecular weight excluding hydrogens is 236 g/mol. The summed E-state index contributed by atoms with van der Waals surface area (Å²) in [4.78, 5) is 8.44. The SMILES string of the molecule is C(=NNc1ccccn1)c1cc2ccccc2cn1. The van der Waals surface area contributed by atoms with E-state index in [1.807, 2.05) is 48.7 Å². The molecule has 2 aromatic heterocycles. The minimum absolute atomic E-state index is 0.708. The Bertz CT molecular complexity index is 707. The number of anilines is 1. The lowest BCUT2D eigenvalue weighted by atomic mass is 10.1. The van der Waals surface area contributed by atoms with Gasteiger partial charge in [0.15, 0.2) is 0 Å². The maximum Gasteiger partial charge on any atom is 0.146 e. The molecule has 0 unspecified atom stereocenters. The van der Waals surface area contributed by atoms with Crippen LogP contribution in [0.2, 0.25) is 0 Å². The van der Waals surface area contributed by atoms with Crippen LogP contribution in [0.4, 0.5) is 5.82 Å². The number of aromatic nitrogens is 2. The maximum atomic E-state index is 4.33. The molecule has 4 nitrogen and oxygen atoms in total. The molecule has 19 heavy (non-hydrogen) atoms. The van der Waals surface area contributed by atoms with Gasteiger partial charge in [0.25, 0.3) is 0 Å². The van der Waals surface area contributed by atoms with Crippen LogP contribution in [0.3, 0.4) is 0 Å². The van der Waals surface area contributed by atoms with Crippen molar-refractivity contribution < 1.29 is 0 Å². The largest absolute Gasteiger partial charge is 0.261 e. The second kappa shape index (κ2) is 5.27. The molecule has 0 amide bonds. The Morgan fingerprint density at radius 3 is 2.63 bits per heavy atom. The number of hydrazone groups is 1. The number of nitrogens with zero attached hydrogens (tertiary/aromatic N) is 3. The van der Waals surface area contributed by atoms with E-state index in [0.717, 1.165) is 16.5 Å². The fourth-order valence-corrected chi connectivity index (χ4v) is 1.76. The van der Waals surface area contributed by atoms with Crippen LogP contribution in [-0.2, 0) is 0 Å². The number of hydrogen-bond donors (Lipinski definition) is 1. The molecule has 0 aliphatic carbocycles. The van der Waals surface area contributed by atoms with E-state index >= 15 is 0 Å². The zero-order valence-corrected chi connectivity index (χ0v) is 10.2. The number of benzene rings is 1. The van der Waals surface area contributed by atoms with Crippen molar-refractivity contribution in [3.05, 3.63) is 66.6 Å². The fourth-order valence-electron chi connectivity index (χ4n) is 1.76. The molecule has 0 aliphatic rings. The Hall–Kier alpha value is -2.75. The van der Waals surface area contributed by atoms with E-state index in [9.17, 15) is 0 Å². The molecule has 0 spiro atoms. The molecule has 0 atom stereocenters. The third kappa shape index (κ3) is 2.74. The number of hydrogen-bond acceptors (Lipinski definition) is 4. The topological polar surface area (TPSA) is 50.2 Å². The molecular formula is C15H12N4. The summed E-state index contributed by atoms with van der Waals surface area (Å²) in [5, 5.41) is 6.39. The molecule has 2 heterocycles. The monoisotopic (exact) mass is 248 g/mol. The minimum Gasteiger partial charge on any atom is -0.261 e. The van der Waals surface area contributed by atoms with Crippen molar-refractivity contribution in [1.29, 1.82) is 0 Å². The highest BCUT2D eigenvalue weighted by Gasteiger charge is 1.94. The lowest BCUT2D eigenvalue weighted by Gasteiger charge is -1.99. The van der Waals surface area contributed by atoms with E-state index < -0.39 is 0 Å². The van der Waals surface area contributed by atoms with Gasteiger partial charge in [0.05, 0.1) is 11.9 Å². The van der Waals surface area contributed by atoms with E-state index in [4.69, 9.17) is 0 Å².